The van der Waals surface area contributed by atoms with E-state index in [-0.39, 0.29) is 43.2 Å². The quantitative estimate of drug-likeness (QED) is 0.766. The molecule has 0 bridgehead atoms. The van der Waals surface area contributed by atoms with Gasteiger partial charge in [0.1, 0.15) is 0 Å². The van der Waals surface area contributed by atoms with Gasteiger partial charge >= 0.3 is 0 Å². The molecule has 0 radical (unpaired) electrons. The summed E-state index contributed by atoms with van der Waals surface area (Å²) in [6.45, 7) is 5.15. The Kier molecular flexibility index (Phi) is 9.09. The number of hydrogen-bond acceptors (Lipinski definition) is 3. The summed E-state index contributed by atoms with van der Waals surface area (Å²) in [5.74, 6) is -0.0336. The van der Waals surface area contributed by atoms with Crippen molar-refractivity contribution >= 4 is 36.4 Å². The van der Waals surface area contributed by atoms with Crippen LogP contribution in [-0.2, 0) is 17.9 Å². The third-order valence-corrected chi connectivity index (χ3v) is 4.50. The van der Waals surface area contributed by atoms with Crippen molar-refractivity contribution in [1.82, 2.24) is 4.90 Å². The first-order chi connectivity index (χ1) is 11.7. The van der Waals surface area contributed by atoms with Crippen molar-refractivity contribution in [2.45, 2.75) is 38.9 Å². The molecule has 4 nitrogen and oxygen atoms in total. The van der Waals surface area contributed by atoms with Crippen LogP contribution < -0.4 is 11.1 Å². The first-order valence-electron chi connectivity index (χ1n) is 8.61. The lowest BCUT2D eigenvalue weighted by Crippen LogP contribution is -2.21. The lowest BCUT2D eigenvalue weighted by Gasteiger charge is -2.15. The van der Waals surface area contributed by atoms with Crippen molar-refractivity contribution in [3.63, 3.8) is 0 Å². The molecule has 3 N–H and O–H groups in total. The molecule has 6 heteroatoms. The van der Waals surface area contributed by atoms with Crippen LogP contribution >= 0.6 is 24.8 Å². The summed E-state index contributed by atoms with van der Waals surface area (Å²) in [6, 6.07) is 15.6. The molecule has 3 rings (SSSR count). The highest BCUT2D eigenvalue weighted by Gasteiger charge is 2.22. The highest BCUT2D eigenvalue weighted by atomic mass is 35.5. The Morgan fingerprint density at radius 1 is 1.12 bits per heavy atom. The highest BCUT2D eigenvalue weighted by molar-refractivity contribution is 5.92. The number of anilines is 1. The topological polar surface area (TPSA) is 58.4 Å². The molecule has 0 saturated carbocycles. The van der Waals surface area contributed by atoms with Gasteiger partial charge in [0.2, 0.25) is 5.91 Å². The van der Waals surface area contributed by atoms with Crippen LogP contribution in [0.15, 0.2) is 48.5 Å². The molecule has 1 aliphatic rings. The van der Waals surface area contributed by atoms with E-state index in [4.69, 9.17) is 5.73 Å². The Labute approximate surface area is 168 Å². The molecular weight excluding hydrogens is 369 g/mol. The first-order valence-corrected chi connectivity index (χ1v) is 8.61. The Morgan fingerprint density at radius 3 is 2.54 bits per heavy atom. The predicted molar refractivity (Wildman–Crippen MR) is 112 cm³/mol. The Balaban J connectivity index is 0.00000169. The SMILES string of the molecule is CCCN1Cc2cccc(NC(=O)CC(N)c3ccccc3)c2C1.Cl.Cl. The summed E-state index contributed by atoms with van der Waals surface area (Å²) in [7, 11) is 0. The van der Waals surface area contributed by atoms with E-state index in [1.807, 2.05) is 42.5 Å². The van der Waals surface area contributed by atoms with Gasteiger partial charge in [0.25, 0.3) is 0 Å². The minimum atomic E-state index is -0.278. The second kappa shape index (κ2) is 10.5. The molecule has 26 heavy (non-hydrogen) atoms. The van der Waals surface area contributed by atoms with Crippen molar-refractivity contribution in [2.75, 3.05) is 11.9 Å². The molecule has 0 fully saturated rings. The zero-order chi connectivity index (χ0) is 16.9. The molecule has 2 aromatic carbocycles. The molecule has 0 aromatic heterocycles. The van der Waals surface area contributed by atoms with Crippen LogP contribution in [0.2, 0.25) is 0 Å². The molecule has 1 atom stereocenters. The maximum absolute atomic E-state index is 12.4. The van der Waals surface area contributed by atoms with Gasteiger partial charge in [-0.3, -0.25) is 9.69 Å². The zero-order valence-corrected chi connectivity index (χ0v) is 16.6. The number of fused-ring (bicyclic) bond motifs is 1. The van der Waals surface area contributed by atoms with Crippen LogP contribution in [-0.4, -0.2) is 17.4 Å². The summed E-state index contributed by atoms with van der Waals surface area (Å²) in [5.41, 5.74) is 10.6. The largest absolute Gasteiger partial charge is 0.326 e. The van der Waals surface area contributed by atoms with Gasteiger partial charge < -0.3 is 11.1 Å². The van der Waals surface area contributed by atoms with Crippen LogP contribution in [0.4, 0.5) is 5.69 Å². The minimum absolute atomic E-state index is 0. The molecule has 1 unspecified atom stereocenters. The second-order valence-electron chi connectivity index (χ2n) is 6.42. The smallest absolute Gasteiger partial charge is 0.226 e. The van der Waals surface area contributed by atoms with Gasteiger partial charge in [-0.1, -0.05) is 49.4 Å². The zero-order valence-electron chi connectivity index (χ0n) is 15.0. The average molecular weight is 396 g/mol. The summed E-state index contributed by atoms with van der Waals surface area (Å²) in [6.07, 6.45) is 1.42. The van der Waals surface area contributed by atoms with Gasteiger partial charge in [-0.05, 0) is 35.7 Å². The molecule has 1 heterocycles. The number of halogens is 2. The number of rotatable bonds is 6. The molecule has 0 aliphatic carbocycles. The fourth-order valence-electron chi connectivity index (χ4n) is 3.30. The maximum Gasteiger partial charge on any atom is 0.226 e. The monoisotopic (exact) mass is 395 g/mol. The fraction of sp³-hybridized carbons (Fsp3) is 0.350. The number of nitrogens with zero attached hydrogens (tertiary/aromatic N) is 1. The van der Waals surface area contributed by atoms with Crippen molar-refractivity contribution in [3.8, 4) is 0 Å². The number of carbonyl (C=O) groups is 1. The maximum atomic E-state index is 12.4. The van der Waals surface area contributed by atoms with E-state index in [0.717, 1.165) is 37.3 Å². The van der Waals surface area contributed by atoms with Gasteiger partial charge in [0.15, 0.2) is 0 Å². The fourth-order valence-corrected chi connectivity index (χ4v) is 3.30. The van der Waals surface area contributed by atoms with Crippen LogP contribution in [0.25, 0.3) is 0 Å². The second-order valence-corrected chi connectivity index (χ2v) is 6.42. The normalized spacial score (nSPS) is 13.9. The van der Waals surface area contributed by atoms with E-state index in [0.29, 0.717) is 0 Å². The third kappa shape index (κ3) is 5.45. The van der Waals surface area contributed by atoms with Crippen LogP contribution in [0, 0.1) is 0 Å². The Bertz CT molecular complexity index is 709. The van der Waals surface area contributed by atoms with Crippen molar-refractivity contribution in [3.05, 3.63) is 65.2 Å². The predicted octanol–water partition coefficient (Wildman–Crippen LogP) is 4.28. The molecule has 142 valence electrons. The summed E-state index contributed by atoms with van der Waals surface area (Å²) in [4.78, 5) is 14.8. The van der Waals surface area contributed by atoms with Gasteiger partial charge in [0.05, 0.1) is 0 Å². The minimum Gasteiger partial charge on any atom is -0.326 e. The van der Waals surface area contributed by atoms with E-state index >= 15 is 0 Å². The van der Waals surface area contributed by atoms with Crippen LogP contribution in [0.1, 0.15) is 42.5 Å². The molecule has 1 amide bonds. The van der Waals surface area contributed by atoms with E-state index in [1.165, 1.54) is 11.1 Å². The number of carbonyl (C=O) groups excluding carboxylic acids is 1. The molecule has 2 aromatic rings. The van der Waals surface area contributed by atoms with Crippen molar-refractivity contribution in [1.29, 1.82) is 0 Å². The van der Waals surface area contributed by atoms with Gasteiger partial charge in [-0.25, -0.2) is 0 Å². The van der Waals surface area contributed by atoms with Crippen molar-refractivity contribution in [2.24, 2.45) is 5.73 Å². The number of benzene rings is 2. The summed E-state index contributed by atoms with van der Waals surface area (Å²) < 4.78 is 0. The number of nitrogens with one attached hydrogen (secondary N) is 1. The number of amides is 1. The summed E-state index contributed by atoms with van der Waals surface area (Å²) in [5, 5.41) is 3.06. The van der Waals surface area contributed by atoms with Gasteiger partial charge in [-0.15, -0.1) is 24.8 Å². The third-order valence-electron chi connectivity index (χ3n) is 4.50. The van der Waals surface area contributed by atoms with E-state index < -0.39 is 0 Å². The molecule has 1 aliphatic heterocycles. The van der Waals surface area contributed by atoms with E-state index in [9.17, 15) is 4.79 Å². The van der Waals surface area contributed by atoms with Gasteiger partial charge in [0, 0.05) is 31.2 Å². The molecular formula is C20H27Cl2N3O. The molecule has 0 saturated heterocycles. The van der Waals surface area contributed by atoms with E-state index in [2.05, 4.69) is 23.2 Å². The first kappa shape index (κ1) is 22.5. The van der Waals surface area contributed by atoms with Gasteiger partial charge in [-0.2, -0.15) is 0 Å². The molecule has 0 spiro atoms. The van der Waals surface area contributed by atoms with E-state index in [1.54, 1.807) is 0 Å². The number of hydrogen-bond donors (Lipinski definition) is 2. The van der Waals surface area contributed by atoms with Crippen LogP contribution in [0.5, 0.6) is 0 Å². The highest BCUT2D eigenvalue weighted by Crippen LogP contribution is 2.29. The number of nitrogens with two attached hydrogens (primary N) is 1. The average Bonchev–Trinajstić information content (AvgIpc) is 2.99. The Hall–Kier alpha value is -1.59. The lowest BCUT2D eigenvalue weighted by molar-refractivity contribution is -0.116. The Morgan fingerprint density at radius 2 is 1.85 bits per heavy atom. The standard InChI is InChI=1S/C20H25N3O.2ClH/c1-2-11-23-13-16-9-6-10-19(17(16)14-23)22-20(24)12-18(21)15-7-4-3-5-8-15;;/h3-10,18H,2,11-14,21H2,1H3,(H,22,24);2*1H. The van der Waals surface area contributed by atoms with Crippen molar-refractivity contribution < 1.29 is 4.79 Å². The summed E-state index contributed by atoms with van der Waals surface area (Å²) >= 11 is 0. The lowest BCUT2D eigenvalue weighted by atomic mass is 10.0. The van der Waals surface area contributed by atoms with Crippen LogP contribution in [0.3, 0.4) is 0 Å².